The number of nitrogens with one attached hydrogen (secondary N) is 2. The van der Waals surface area contributed by atoms with Crippen molar-refractivity contribution in [2.45, 2.75) is 12.8 Å². The summed E-state index contributed by atoms with van der Waals surface area (Å²) in [4.78, 5) is 51.7. The molecule has 35 heavy (non-hydrogen) atoms. The molecule has 1 aromatic carbocycles. The Morgan fingerprint density at radius 2 is 2.09 bits per heavy atom. The number of benzene rings is 1. The van der Waals surface area contributed by atoms with E-state index in [4.69, 9.17) is 4.74 Å². The molecule has 2 N–H and O–H groups in total. The first-order chi connectivity index (χ1) is 17.0. The van der Waals surface area contributed by atoms with Gasteiger partial charge in [-0.15, -0.1) is 11.3 Å². The van der Waals surface area contributed by atoms with E-state index in [0.717, 1.165) is 12.8 Å². The van der Waals surface area contributed by atoms with Crippen LogP contribution in [0.5, 0.6) is 5.75 Å². The Morgan fingerprint density at radius 3 is 2.83 bits per heavy atom. The van der Waals surface area contributed by atoms with E-state index < -0.39 is 11.7 Å². The maximum atomic E-state index is 13.4. The molecule has 1 unspecified atom stereocenters. The Morgan fingerprint density at radius 1 is 1.26 bits per heavy atom. The summed E-state index contributed by atoms with van der Waals surface area (Å²) >= 11 is 1.21. The summed E-state index contributed by atoms with van der Waals surface area (Å²) in [6.07, 6.45) is 4.90. The standard InChI is InChI=1S/C25H23N5O4S/c1-34-18-12-17-13-27-21(22(31)23(32)29-25-26-8-10-35-25)19(17)28-20(18)24(33)30-9-7-16(14-30)11-15-5-3-2-4-6-15/h2-6,8,10,12-13,16,27H,7,9,11,14H2,1H3,(H,26,29,32). The lowest BCUT2D eigenvalue weighted by Crippen LogP contribution is -2.30. The summed E-state index contributed by atoms with van der Waals surface area (Å²) in [5, 5.41) is 5.05. The number of methoxy groups -OCH3 is 1. The molecule has 0 radical (unpaired) electrons. The smallest absolute Gasteiger partial charge is 0.300 e. The number of fused-ring (bicyclic) bond motifs is 1. The van der Waals surface area contributed by atoms with Crippen molar-refractivity contribution >= 4 is 45.0 Å². The number of hydrogen-bond acceptors (Lipinski definition) is 7. The van der Waals surface area contributed by atoms with E-state index in [1.807, 2.05) is 18.2 Å². The molecule has 1 fully saturated rings. The van der Waals surface area contributed by atoms with Crippen molar-refractivity contribution < 1.29 is 19.1 Å². The molecule has 5 rings (SSSR count). The van der Waals surface area contributed by atoms with E-state index >= 15 is 0 Å². The summed E-state index contributed by atoms with van der Waals surface area (Å²) in [6, 6.07) is 11.9. The van der Waals surface area contributed by atoms with Gasteiger partial charge in [-0.1, -0.05) is 30.3 Å². The third kappa shape index (κ3) is 4.65. The minimum atomic E-state index is -0.836. The van der Waals surface area contributed by atoms with Gasteiger partial charge in [0.25, 0.3) is 17.6 Å². The maximum absolute atomic E-state index is 13.4. The van der Waals surface area contributed by atoms with Crippen LogP contribution in [-0.2, 0) is 11.2 Å². The van der Waals surface area contributed by atoms with Gasteiger partial charge in [-0.2, -0.15) is 0 Å². The van der Waals surface area contributed by atoms with Crippen LogP contribution >= 0.6 is 11.3 Å². The Balaban J connectivity index is 1.38. The largest absolute Gasteiger partial charge is 0.494 e. The van der Waals surface area contributed by atoms with E-state index in [1.54, 1.807) is 22.5 Å². The Labute approximate surface area is 205 Å². The summed E-state index contributed by atoms with van der Waals surface area (Å²) in [5.74, 6) is -1.21. The zero-order valence-corrected chi connectivity index (χ0v) is 19.8. The van der Waals surface area contributed by atoms with Gasteiger partial charge >= 0.3 is 0 Å². The zero-order chi connectivity index (χ0) is 24.4. The average Bonchev–Trinajstić information content (AvgIpc) is 3.64. The maximum Gasteiger partial charge on any atom is 0.300 e. The molecule has 4 heterocycles. The topological polar surface area (TPSA) is 117 Å². The monoisotopic (exact) mass is 489 g/mol. The molecule has 9 nitrogen and oxygen atoms in total. The molecule has 10 heteroatoms. The van der Waals surface area contributed by atoms with Gasteiger partial charge in [0, 0.05) is 36.2 Å². The summed E-state index contributed by atoms with van der Waals surface area (Å²) < 4.78 is 5.45. The normalized spacial score (nSPS) is 15.3. The predicted octanol–water partition coefficient (Wildman–Crippen LogP) is 3.55. The third-order valence-electron chi connectivity index (χ3n) is 6.07. The van der Waals surface area contributed by atoms with Crippen LogP contribution in [0.2, 0.25) is 0 Å². The van der Waals surface area contributed by atoms with Gasteiger partial charge in [0.15, 0.2) is 16.6 Å². The molecule has 1 aliphatic heterocycles. The molecule has 4 aromatic rings. The first-order valence-corrected chi connectivity index (χ1v) is 12.1. The number of likely N-dealkylation sites (tertiary alicyclic amines) is 1. The number of nitrogens with zero attached hydrogens (tertiary/aromatic N) is 3. The van der Waals surface area contributed by atoms with E-state index in [9.17, 15) is 14.4 Å². The number of H-pyrrole nitrogens is 1. The minimum absolute atomic E-state index is 0.00846. The molecule has 0 spiro atoms. The molecule has 178 valence electrons. The number of carbonyl (C=O) groups excluding carboxylic acids is 3. The second-order valence-corrected chi connectivity index (χ2v) is 9.25. The number of pyridine rings is 1. The van der Waals surface area contributed by atoms with Crippen LogP contribution < -0.4 is 10.1 Å². The number of aromatic nitrogens is 3. The molecular weight excluding hydrogens is 466 g/mol. The first kappa shape index (κ1) is 22.7. The van der Waals surface area contributed by atoms with Gasteiger partial charge in [0.05, 0.1) is 7.11 Å². The highest BCUT2D eigenvalue weighted by Gasteiger charge is 2.31. The number of anilines is 1. The highest BCUT2D eigenvalue weighted by atomic mass is 32.1. The number of rotatable bonds is 7. The average molecular weight is 490 g/mol. The number of amides is 2. The molecule has 0 bridgehead atoms. The van der Waals surface area contributed by atoms with Crippen LogP contribution in [0.1, 0.15) is 33.0 Å². The van der Waals surface area contributed by atoms with Crippen LogP contribution in [-0.4, -0.2) is 57.6 Å². The number of Topliss-reactive ketones (excluding diaryl/α,β-unsaturated/α-hetero) is 1. The van der Waals surface area contributed by atoms with Crippen LogP contribution in [0.25, 0.3) is 10.9 Å². The zero-order valence-electron chi connectivity index (χ0n) is 19.0. The Hall–Kier alpha value is -4.05. The molecule has 1 saturated heterocycles. The van der Waals surface area contributed by atoms with Crippen molar-refractivity contribution in [2.24, 2.45) is 5.92 Å². The van der Waals surface area contributed by atoms with Crippen LogP contribution in [0, 0.1) is 5.92 Å². The van der Waals surface area contributed by atoms with E-state index in [1.165, 1.54) is 30.2 Å². The molecule has 0 saturated carbocycles. The second-order valence-electron chi connectivity index (χ2n) is 8.36. The lowest BCUT2D eigenvalue weighted by molar-refractivity contribution is -0.112. The van der Waals surface area contributed by atoms with Crippen molar-refractivity contribution in [2.75, 3.05) is 25.5 Å². The van der Waals surface area contributed by atoms with Gasteiger partial charge in [0.2, 0.25) is 0 Å². The van der Waals surface area contributed by atoms with E-state index in [2.05, 4.69) is 32.4 Å². The lowest BCUT2D eigenvalue weighted by Gasteiger charge is -2.18. The van der Waals surface area contributed by atoms with Crippen molar-refractivity contribution in [3.63, 3.8) is 0 Å². The van der Waals surface area contributed by atoms with E-state index in [0.29, 0.717) is 35.3 Å². The fraction of sp³-hybridized carbons (Fsp3) is 0.240. The van der Waals surface area contributed by atoms with Crippen molar-refractivity contribution in [3.05, 3.63) is 71.1 Å². The number of aromatic amines is 1. The quantitative estimate of drug-likeness (QED) is 0.303. The highest BCUT2D eigenvalue weighted by molar-refractivity contribution is 7.13. The fourth-order valence-corrected chi connectivity index (χ4v) is 4.88. The number of hydrogen-bond donors (Lipinski definition) is 2. The molecule has 0 aliphatic carbocycles. The predicted molar refractivity (Wildman–Crippen MR) is 132 cm³/mol. The summed E-state index contributed by atoms with van der Waals surface area (Å²) in [6.45, 7) is 1.24. The minimum Gasteiger partial charge on any atom is -0.494 e. The first-order valence-electron chi connectivity index (χ1n) is 11.2. The summed E-state index contributed by atoms with van der Waals surface area (Å²) in [7, 11) is 1.47. The van der Waals surface area contributed by atoms with Crippen molar-refractivity contribution in [3.8, 4) is 5.75 Å². The van der Waals surface area contributed by atoms with Crippen molar-refractivity contribution in [1.82, 2.24) is 19.9 Å². The van der Waals surface area contributed by atoms with Gasteiger partial charge in [-0.05, 0) is 30.4 Å². The fourth-order valence-electron chi connectivity index (χ4n) is 4.35. The van der Waals surface area contributed by atoms with Gasteiger partial charge in [0.1, 0.15) is 11.2 Å². The highest BCUT2D eigenvalue weighted by Crippen LogP contribution is 2.29. The van der Waals surface area contributed by atoms with Crippen LogP contribution in [0.3, 0.4) is 0 Å². The Kier molecular flexibility index (Phi) is 6.28. The van der Waals surface area contributed by atoms with Crippen LogP contribution in [0.4, 0.5) is 5.13 Å². The van der Waals surface area contributed by atoms with Crippen LogP contribution in [0.15, 0.2) is 54.2 Å². The van der Waals surface area contributed by atoms with Gasteiger partial charge in [-0.25, -0.2) is 9.97 Å². The molecule has 3 aromatic heterocycles. The van der Waals surface area contributed by atoms with Gasteiger partial charge < -0.3 is 14.6 Å². The van der Waals surface area contributed by atoms with Gasteiger partial charge in [-0.3, -0.25) is 19.7 Å². The van der Waals surface area contributed by atoms with E-state index in [-0.39, 0.29) is 22.8 Å². The molecular formula is C25H23N5O4S. The second kappa shape index (κ2) is 9.67. The Bertz CT molecular complexity index is 1380. The molecule has 2 amide bonds. The SMILES string of the molecule is COc1cc2c[nH]c(C(=O)C(=O)Nc3nccs3)c2nc1C(=O)N1CCC(Cc2ccccc2)C1. The molecule has 1 aliphatic rings. The van der Waals surface area contributed by atoms with Crippen molar-refractivity contribution in [1.29, 1.82) is 0 Å². The number of carbonyl (C=O) groups is 3. The summed E-state index contributed by atoms with van der Waals surface area (Å²) in [5.41, 5.74) is 1.62. The number of thiazole rings is 1. The lowest BCUT2D eigenvalue weighted by atomic mass is 9.99. The number of ether oxygens (including phenoxy) is 1. The third-order valence-corrected chi connectivity index (χ3v) is 6.76. The number of ketones is 1. The molecule has 1 atom stereocenters.